The molecule has 2 amide bonds. The zero-order valence-electron chi connectivity index (χ0n) is 18.6. The summed E-state index contributed by atoms with van der Waals surface area (Å²) in [4.78, 5) is 28.4. The van der Waals surface area contributed by atoms with E-state index in [-0.39, 0.29) is 29.8 Å². The Kier molecular flexibility index (Phi) is 7.25. The number of thioether (sulfide) groups is 1. The Morgan fingerprint density at radius 2 is 1.53 bits per heavy atom. The maximum Gasteiger partial charge on any atom is 0.227 e. The molecular formula is C25H30N2O4S. The van der Waals surface area contributed by atoms with Gasteiger partial charge in [0.2, 0.25) is 11.8 Å². The largest absolute Gasteiger partial charge is 0.497 e. The summed E-state index contributed by atoms with van der Waals surface area (Å²) in [5.41, 5.74) is 1.69. The van der Waals surface area contributed by atoms with E-state index in [0.29, 0.717) is 12.8 Å². The van der Waals surface area contributed by atoms with E-state index in [4.69, 9.17) is 9.47 Å². The highest BCUT2D eigenvalue weighted by Crippen LogP contribution is 2.41. The molecule has 2 aromatic rings. The molecule has 0 saturated carbocycles. The maximum atomic E-state index is 13.5. The highest BCUT2D eigenvalue weighted by atomic mass is 32.2. The van der Waals surface area contributed by atoms with Crippen LogP contribution >= 0.6 is 11.8 Å². The zero-order valence-corrected chi connectivity index (χ0v) is 19.4. The first-order chi connectivity index (χ1) is 15.6. The van der Waals surface area contributed by atoms with Crippen molar-refractivity contribution < 1.29 is 19.1 Å². The average Bonchev–Trinajstić information content (AvgIpc) is 2.84. The molecule has 2 aliphatic heterocycles. The van der Waals surface area contributed by atoms with Crippen molar-refractivity contribution in [3.8, 4) is 11.5 Å². The van der Waals surface area contributed by atoms with Crippen molar-refractivity contribution in [3.05, 3.63) is 54.1 Å². The van der Waals surface area contributed by atoms with Gasteiger partial charge in [-0.1, -0.05) is 12.1 Å². The van der Waals surface area contributed by atoms with Crippen LogP contribution in [0, 0.1) is 5.92 Å². The lowest BCUT2D eigenvalue weighted by Gasteiger charge is -2.41. The Balaban J connectivity index is 1.68. The number of rotatable bonds is 6. The molecule has 2 saturated heterocycles. The van der Waals surface area contributed by atoms with Crippen LogP contribution in [0.5, 0.6) is 11.5 Å². The van der Waals surface area contributed by atoms with Gasteiger partial charge in [0.15, 0.2) is 0 Å². The molecule has 0 bridgehead atoms. The van der Waals surface area contributed by atoms with Gasteiger partial charge in [0.1, 0.15) is 11.5 Å². The zero-order chi connectivity index (χ0) is 22.5. The number of hydrogen-bond donors (Lipinski definition) is 1. The predicted molar refractivity (Wildman–Crippen MR) is 127 cm³/mol. The fourth-order valence-electron chi connectivity index (χ4n) is 4.55. The number of anilines is 1. The Morgan fingerprint density at radius 1 is 0.938 bits per heavy atom. The van der Waals surface area contributed by atoms with E-state index in [2.05, 4.69) is 5.32 Å². The van der Waals surface area contributed by atoms with E-state index >= 15 is 0 Å². The standard InChI is InChI=1S/C25H30N2O4S/c1-30-20-7-3-17(4-8-20)24-22(25(29)26-18-13-15-32-16-14-18)11-12-23(28)27(24)19-5-9-21(31-2)10-6-19/h3-10,18,22,24H,11-16H2,1-2H3,(H,26,29). The van der Waals surface area contributed by atoms with Crippen molar-refractivity contribution in [2.45, 2.75) is 37.8 Å². The molecule has 2 fully saturated rings. The smallest absolute Gasteiger partial charge is 0.227 e. The van der Waals surface area contributed by atoms with E-state index in [0.717, 1.165) is 47.1 Å². The van der Waals surface area contributed by atoms with Crippen LogP contribution in [-0.4, -0.2) is 43.6 Å². The van der Waals surface area contributed by atoms with Crippen molar-refractivity contribution >= 4 is 29.3 Å². The van der Waals surface area contributed by atoms with Crippen molar-refractivity contribution in [2.24, 2.45) is 5.92 Å². The van der Waals surface area contributed by atoms with Crippen molar-refractivity contribution in [3.63, 3.8) is 0 Å². The third-order valence-corrected chi connectivity index (χ3v) is 7.36. The van der Waals surface area contributed by atoms with Gasteiger partial charge in [-0.2, -0.15) is 11.8 Å². The minimum atomic E-state index is -0.381. The highest BCUT2D eigenvalue weighted by Gasteiger charge is 2.42. The first-order valence-corrected chi connectivity index (χ1v) is 12.2. The van der Waals surface area contributed by atoms with E-state index in [1.807, 2.05) is 60.3 Å². The second-order valence-corrected chi connectivity index (χ2v) is 9.44. The van der Waals surface area contributed by atoms with Gasteiger partial charge >= 0.3 is 0 Å². The summed E-state index contributed by atoms with van der Waals surface area (Å²) in [6, 6.07) is 15.0. The Bertz CT molecular complexity index is 926. The van der Waals surface area contributed by atoms with E-state index in [1.165, 1.54) is 0 Å². The van der Waals surface area contributed by atoms with Gasteiger partial charge in [0.05, 0.1) is 26.2 Å². The lowest BCUT2D eigenvalue weighted by Crippen LogP contribution is -2.50. The molecule has 7 heteroatoms. The number of nitrogens with zero attached hydrogens (tertiary/aromatic N) is 1. The number of benzene rings is 2. The molecule has 4 rings (SSSR count). The molecule has 32 heavy (non-hydrogen) atoms. The van der Waals surface area contributed by atoms with Gasteiger partial charge in [0.25, 0.3) is 0 Å². The average molecular weight is 455 g/mol. The second kappa shape index (κ2) is 10.3. The van der Waals surface area contributed by atoms with Crippen molar-refractivity contribution in [1.82, 2.24) is 5.32 Å². The van der Waals surface area contributed by atoms with Gasteiger partial charge in [-0.05, 0) is 72.7 Å². The topological polar surface area (TPSA) is 67.9 Å². The summed E-state index contributed by atoms with van der Waals surface area (Å²) in [5.74, 6) is 3.36. The van der Waals surface area contributed by atoms with Gasteiger partial charge in [-0.3, -0.25) is 9.59 Å². The quantitative estimate of drug-likeness (QED) is 0.709. The third kappa shape index (κ3) is 4.88. The van der Waals surface area contributed by atoms with Crippen LogP contribution in [-0.2, 0) is 9.59 Å². The normalized spacial score (nSPS) is 21.8. The van der Waals surface area contributed by atoms with Crippen LogP contribution in [0.15, 0.2) is 48.5 Å². The van der Waals surface area contributed by atoms with Crippen LogP contribution in [0.3, 0.4) is 0 Å². The SMILES string of the molecule is COc1ccc(C2C(C(=O)NC3CCSCC3)CCC(=O)N2c2ccc(OC)cc2)cc1. The molecule has 1 N–H and O–H groups in total. The number of methoxy groups -OCH3 is 2. The van der Waals surface area contributed by atoms with Crippen LogP contribution in [0.1, 0.15) is 37.3 Å². The molecule has 2 heterocycles. The molecule has 2 aliphatic rings. The molecule has 2 aromatic carbocycles. The van der Waals surface area contributed by atoms with Crippen LogP contribution in [0.2, 0.25) is 0 Å². The summed E-state index contributed by atoms with van der Waals surface area (Å²) in [5, 5.41) is 3.28. The summed E-state index contributed by atoms with van der Waals surface area (Å²) in [6.45, 7) is 0. The molecule has 0 radical (unpaired) electrons. The van der Waals surface area contributed by atoms with Crippen LogP contribution < -0.4 is 19.7 Å². The first-order valence-electron chi connectivity index (χ1n) is 11.1. The van der Waals surface area contributed by atoms with Crippen molar-refractivity contribution in [2.75, 3.05) is 30.6 Å². The van der Waals surface area contributed by atoms with E-state index in [1.54, 1.807) is 19.1 Å². The first kappa shape index (κ1) is 22.5. The van der Waals surface area contributed by atoms with Gasteiger partial charge in [-0.15, -0.1) is 0 Å². The van der Waals surface area contributed by atoms with Crippen LogP contribution in [0.4, 0.5) is 5.69 Å². The molecule has 0 spiro atoms. The minimum absolute atomic E-state index is 0.0223. The highest BCUT2D eigenvalue weighted by molar-refractivity contribution is 7.99. The summed E-state index contributed by atoms with van der Waals surface area (Å²) < 4.78 is 10.6. The number of carbonyl (C=O) groups excluding carboxylic acids is 2. The van der Waals surface area contributed by atoms with E-state index in [9.17, 15) is 9.59 Å². The molecular weight excluding hydrogens is 424 g/mol. The third-order valence-electron chi connectivity index (χ3n) is 6.31. The molecule has 6 nitrogen and oxygen atoms in total. The Labute approximate surface area is 193 Å². The molecule has 2 unspecified atom stereocenters. The number of amides is 2. The minimum Gasteiger partial charge on any atom is -0.497 e. The van der Waals surface area contributed by atoms with Crippen molar-refractivity contribution in [1.29, 1.82) is 0 Å². The number of nitrogens with one attached hydrogen (secondary N) is 1. The monoisotopic (exact) mass is 454 g/mol. The lowest BCUT2D eigenvalue weighted by atomic mass is 9.83. The summed E-state index contributed by atoms with van der Waals surface area (Å²) in [6.07, 6.45) is 2.88. The fourth-order valence-corrected chi connectivity index (χ4v) is 5.65. The maximum absolute atomic E-state index is 13.5. The Hall–Kier alpha value is -2.67. The van der Waals surface area contributed by atoms with Crippen LogP contribution in [0.25, 0.3) is 0 Å². The Morgan fingerprint density at radius 3 is 2.12 bits per heavy atom. The van der Waals surface area contributed by atoms with Gasteiger partial charge in [0, 0.05) is 18.2 Å². The van der Waals surface area contributed by atoms with Gasteiger partial charge in [-0.25, -0.2) is 0 Å². The van der Waals surface area contributed by atoms with Gasteiger partial charge < -0.3 is 19.7 Å². The molecule has 170 valence electrons. The van der Waals surface area contributed by atoms with E-state index < -0.39 is 0 Å². The fraction of sp³-hybridized carbons (Fsp3) is 0.440. The number of hydrogen-bond acceptors (Lipinski definition) is 5. The molecule has 0 aromatic heterocycles. The lowest BCUT2D eigenvalue weighted by molar-refractivity contribution is -0.129. The summed E-state index contributed by atoms with van der Waals surface area (Å²) >= 11 is 1.94. The second-order valence-electron chi connectivity index (χ2n) is 8.22. The molecule has 0 aliphatic carbocycles. The molecule has 2 atom stereocenters. The summed E-state index contributed by atoms with van der Waals surface area (Å²) in [7, 11) is 3.24. The number of ether oxygens (including phenoxy) is 2. The predicted octanol–water partition coefficient (Wildman–Crippen LogP) is 4.20. The number of carbonyl (C=O) groups is 2. The number of piperidine rings is 1.